The average molecular weight is 307 g/mol. The van der Waals surface area contributed by atoms with E-state index in [0.717, 1.165) is 0 Å². The minimum absolute atomic E-state index is 0.122. The van der Waals surface area contributed by atoms with Gasteiger partial charge in [-0.1, -0.05) is 22.8 Å². The normalized spacial score (nSPS) is 10.6. The Kier molecular flexibility index (Phi) is 4.73. The van der Waals surface area contributed by atoms with Crippen LogP contribution in [0.1, 0.15) is 5.56 Å². The molecule has 0 amide bonds. The second-order valence-corrected chi connectivity index (χ2v) is 4.40. The number of hydrogen-bond acceptors (Lipinski definition) is 5. The lowest BCUT2D eigenvalue weighted by molar-refractivity contribution is -0.385. The van der Waals surface area contributed by atoms with Crippen LogP contribution >= 0.6 is 11.6 Å². The van der Waals surface area contributed by atoms with Crippen LogP contribution in [0, 0.1) is 10.1 Å². The van der Waals surface area contributed by atoms with Crippen molar-refractivity contribution in [3.05, 3.63) is 63.2 Å². The maximum Gasteiger partial charge on any atom is 0.312 e. The fourth-order valence-corrected chi connectivity index (χ4v) is 1.79. The van der Waals surface area contributed by atoms with Gasteiger partial charge in [-0.2, -0.15) is 0 Å². The quantitative estimate of drug-likeness (QED) is 0.475. The first-order valence-corrected chi connectivity index (χ1v) is 6.26. The summed E-state index contributed by atoms with van der Waals surface area (Å²) in [5.74, 6) is 0.542. The van der Waals surface area contributed by atoms with Gasteiger partial charge in [-0.25, -0.2) is 0 Å². The zero-order valence-electron chi connectivity index (χ0n) is 11.0. The van der Waals surface area contributed by atoms with Gasteiger partial charge < -0.3 is 9.57 Å². The number of nitro benzene ring substituents is 1. The van der Waals surface area contributed by atoms with Gasteiger partial charge in [-0.15, -0.1) is 0 Å². The second-order valence-electron chi connectivity index (χ2n) is 3.96. The molecule has 0 saturated heterocycles. The summed E-state index contributed by atoms with van der Waals surface area (Å²) in [6.45, 7) is 0. The van der Waals surface area contributed by atoms with Gasteiger partial charge in [0.15, 0.2) is 0 Å². The molecule has 21 heavy (non-hydrogen) atoms. The van der Waals surface area contributed by atoms with Crippen molar-refractivity contribution in [1.82, 2.24) is 0 Å². The van der Waals surface area contributed by atoms with Crippen molar-refractivity contribution in [2.45, 2.75) is 0 Å². The minimum Gasteiger partial charge on any atom is -0.450 e. The molecule has 0 N–H and O–H groups in total. The summed E-state index contributed by atoms with van der Waals surface area (Å²) in [6.07, 6.45) is 1.37. The van der Waals surface area contributed by atoms with Crippen LogP contribution in [0.4, 0.5) is 5.69 Å². The van der Waals surface area contributed by atoms with E-state index in [1.54, 1.807) is 30.3 Å². The van der Waals surface area contributed by atoms with Crippen LogP contribution in [-0.4, -0.2) is 18.2 Å². The lowest BCUT2D eigenvalue weighted by Crippen LogP contribution is -1.95. The number of hydrogen-bond donors (Lipinski definition) is 0. The summed E-state index contributed by atoms with van der Waals surface area (Å²) in [5, 5.41) is 15.2. The van der Waals surface area contributed by atoms with Gasteiger partial charge in [-0.05, 0) is 30.3 Å². The van der Waals surface area contributed by atoms with Crippen LogP contribution in [-0.2, 0) is 4.84 Å². The molecule has 0 atom stereocenters. The Morgan fingerprint density at radius 2 is 2.10 bits per heavy atom. The van der Waals surface area contributed by atoms with E-state index in [1.807, 2.05) is 0 Å². The fourth-order valence-electron chi connectivity index (χ4n) is 1.61. The van der Waals surface area contributed by atoms with Crippen LogP contribution in [0.5, 0.6) is 11.5 Å². The molecule has 2 rings (SSSR count). The molecule has 0 saturated carbocycles. The highest BCUT2D eigenvalue weighted by molar-refractivity contribution is 6.30. The largest absolute Gasteiger partial charge is 0.450 e. The highest BCUT2D eigenvalue weighted by atomic mass is 35.5. The summed E-state index contributed by atoms with van der Waals surface area (Å²) in [6, 6.07) is 11.1. The molecular weight excluding hydrogens is 296 g/mol. The number of nitro groups is 1. The molecule has 0 heterocycles. The van der Waals surface area contributed by atoms with Gasteiger partial charge in [0.2, 0.25) is 5.75 Å². The Labute approximate surface area is 125 Å². The van der Waals surface area contributed by atoms with Gasteiger partial charge in [0.25, 0.3) is 0 Å². The van der Waals surface area contributed by atoms with E-state index in [9.17, 15) is 10.1 Å². The molecule has 2 aromatic carbocycles. The Balaban J connectivity index is 2.34. The maximum atomic E-state index is 11.1. The number of oxime groups is 1. The lowest BCUT2D eigenvalue weighted by Gasteiger charge is -2.07. The highest BCUT2D eigenvalue weighted by Crippen LogP contribution is 2.32. The zero-order chi connectivity index (χ0) is 15.2. The van der Waals surface area contributed by atoms with E-state index >= 15 is 0 Å². The topological polar surface area (TPSA) is 74.0 Å². The maximum absolute atomic E-state index is 11.1. The van der Waals surface area contributed by atoms with Crippen LogP contribution < -0.4 is 4.74 Å². The van der Waals surface area contributed by atoms with Crippen molar-refractivity contribution < 1.29 is 14.5 Å². The molecule has 0 aliphatic heterocycles. The van der Waals surface area contributed by atoms with E-state index in [1.165, 1.54) is 25.5 Å². The molecule has 0 aliphatic carbocycles. The third kappa shape index (κ3) is 3.93. The van der Waals surface area contributed by atoms with Gasteiger partial charge in [-0.3, -0.25) is 10.1 Å². The standard InChI is InChI=1S/C14H11ClN2O4/c1-20-16-9-10-5-6-14(13(7-10)17(18)19)21-12-4-2-3-11(15)8-12/h2-9H,1H3. The first-order valence-electron chi connectivity index (χ1n) is 5.88. The zero-order valence-corrected chi connectivity index (χ0v) is 11.8. The molecule has 2 aromatic rings. The van der Waals surface area contributed by atoms with Gasteiger partial charge in [0, 0.05) is 16.7 Å². The van der Waals surface area contributed by atoms with Crippen LogP contribution in [0.25, 0.3) is 0 Å². The average Bonchev–Trinajstić information content (AvgIpc) is 2.46. The van der Waals surface area contributed by atoms with Gasteiger partial charge >= 0.3 is 5.69 Å². The molecular formula is C14H11ClN2O4. The van der Waals surface area contributed by atoms with Crippen LogP contribution in [0.15, 0.2) is 47.6 Å². The summed E-state index contributed by atoms with van der Waals surface area (Å²) in [7, 11) is 1.39. The van der Waals surface area contributed by atoms with Gasteiger partial charge in [0.1, 0.15) is 12.9 Å². The minimum atomic E-state index is -0.524. The Morgan fingerprint density at radius 1 is 1.29 bits per heavy atom. The molecule has 0 bridgehead atoms. The number of nitrogens with zero attached hydrogens (tertiary/aromatic N) is 2. The predicted molar refractivity (Wildman–Crippen MR) is 79.2 cm³/mol. The van der Waals surface area contributed by atoms with E-state index in [-0.39, 0.29) is 11.4 Å². The number of ether oxygens (including phenoxy) is 1. The third-order valence-corrected chi connectivity index (χ3v) is 2.75. The van der Waals surface area contributed by atoms with E-state index < -0.39 is 4.92 Å². The monoisotopic (exact) mass is 306 g/mol. The predicted octanol–water partition coefficient (Wildman–Crippen LogP) is 4.02. The summed E-state index contributed by atoms with van der Waals surface area (Å²) >= 11 is 5.85. The molecule has 0 aliphatic rings. The molecule has 0 spiro atoms. The third-order valence-electron chi connectivity index (χ3n) is 2.51. The summed E-state index contributed by atoms with van der Waals surface area (Å²) in [5.41, 5.74) is 0.358. The molecule has 0 aromatic heterocycles. The Bertz CT molecular complexity index is 688. The molecule has 108 valence electrons. The van der Waals surface area contributed by atoms with Crippen molar-refractivity contribution >= 4 is 23.5 Å². The van der Waals surface area contributed by atoms with E-state index in [2.05, 4.69) is 9.99 Å². The molecule has 0 unspecified atom stereocenters. The smallest absolute Gasteiger partial charge is 0.312 e. The van der Waals surface area contributed by atoms with Gasteiger partial charge in [0.05, 0.1) is 11.1 Å². The Hall–Kier alpha value is -2.60. The number of halogens is 1. The first kappa shape index (κ1) is 14.8. The number of benzene rings is 2. The van der Waals surface area contributed by atoms with Crippen molar-refractivity contribution in [2.75, 3.05) is 7.11 Å². The first-order chi connectivity index (χ1) is 10.1. The van der Waals surface area contributed by atoms with Crippen molar-refractivity contribution in [1.29, 1.82) is 0 Å². The van der Waals surface area contributed by atoms with E-state index in [4.69, 9.17) is 16.3 Å². The lowest BCUT2D eigenvalue weighted by atomic mass is 10.2. The fraction of sp³-hybridized carbons (Fsp3) is 0.0714. The molecule has 7 heteroatoms. The summed E-state index contributed by atoms with van der Waals surface area (Å²) < 4.78 is 5.51. The van der Waals surface area contributed by atoms with E-state index in [0.29, 0.717) is 16.3 Å². The Morgan fingerprint density at radius 3 is 2.76 bits per heavy atom. The molecule has 0 radical (unpaired) electrons. The van der Waals surface area contributed by atoms with Crippen LogP contribution in [0.2, 0.25) is 5.02 Å². The second kappa shape index (κ2) is 6.71. The summed E-state index contributed by atoms with van der Waals surface area (Å²) in [4.78, 5) is 15.1. The highest BCUT2D eigenvalue weighted by Gasteiger charge is 2.16. The van der Waals surface area contributed by atoms with Crippen LogP contribution in [0.3, 0.4) is 0 Å². The van der Waals surface area contributed by atoms with Crippen molar-refractivity contribution in [2.24, 2.45) is 5.16 Å². The molecule has 0 fully saturated rings. The van der Waals surface area contributed by atoms with Crippen molar-refractivity contribution in [3.8, 4) is 11.5 Å². The molecule has 6 nitrogen and oxygen atoms in total. The van der Waals surface area contributed by atoms with Crippen molar-refractivity contribution in [3.63, 3.8) is 0 Å². The number of rotatable bonds is 5. The SMILES string of the molecule is CON=Cc1ccc(Oc2cccc(Cl)c2)c([N+](=O)[O-])c1.